The predicted molar refractivity (Wildman–Crippen MR) is 115 cm³/mol. The molecule has 0 fully saturated rings. The third-order valence-electron chi connectivity index (χ3n) is 4.77. The molecule has 1 aromatic heterocycles. The van der Waals surface area contributed by atoms with Crippen LogP contribution in [0, 0.1) is 6.92 Å². The number of fused-ring (bicyclic) bond motifs is 1. The second-order valence-electron chi connectivity index (χ2n) is 8.21. The summed E-state index contributed by atoms with van der Waals surface area (Å²) in [5.74, 6) is 2.91. The molecule has 2 heterocycles. The fourth-order valence-corrected chi connectivity index (χ4v) is 3.14. The van der Waals surface area contributed by atoms with Crippen molar-refractivity contribution in [3.05, 3.63) is 65.4 Å². The van der Waals surface area contributed by atoms with Crippen LogP contribution in [0.4, 0.5) is 17.5 Å². The molecule has 0 saturated carbocycles. The van der Waals surface area contributed by atoms with Crippen molar-refractivity contribution in [2.75, 3.05) is 17.4 Å². The second kappa shape index (κ2) is 7.62. The maximum atomic E-state index is 5.44. The lowest BCUT2D eigenvalue weighted by Crippen LogP contribution is -2.10. The number of nitrogens with one attached hydrogen (secondary N) is 2. The van der Waals surface area contributed by atoms with Crippen LogP contribution < -0.4 is 20.1 Å². The summed E-state index contributed by atoms with van der Waals surface area (Å²) in [6.45, 7) is 9.49. The molecule has 0 unspecified atom stereocenters. The molecular weight excluding hydrogens is 364 g/mol. The Morgan fingerprint density at radius 1 is 0.931 bits per heavy atom. The molecule has 0 bridgehead atoms. The smallest absolute Gasteiger partial charge is 0.231 e. The van der Waals surface area contributed by atoms with Crippen LogP contribution in [0.3, 0.4) is 0 Å². The van der Waals surface area contributed by atoms with Crippen LogP contribution in [0.15, 0.2) is 48.5 Å². The summed E-state index contributed by atoms with van der Waals surface area (Å²) in [5, 5.41) is 6.66. The molecule has 0 atom stereocenters. The van der Waals surface area contributed by atoms with Crippen molar-refractivity contribution in [2.24, 2.45) is 0 Å². The van der Waals surface area contributed by atoms with E-state index in [0.717, 1.165) is 34.3 Å². The predicted octanol–water partition coefficient (Wildman–Crippen LogP) is 5.17. The van der Waals surface area contributed by atoms with E-state index in [1.54, 1.807) is 0 Å². The first-order valence-electron chi connectivity index (χ1n) is 9.72. The lowest BCUT2D eigenvalue weighted by molar-refractivity contribution is 0.174. The van der Waals surface area contributed by atoms with Crippen molar-refractivity contribution in [3.8, 4) is 11.5 Å². The fourth-order valence-electron chi connectivity index (χ4n) is 3.14. The average Bonchev–Trinajstić information content (AvgIpc) is 3.13. The summed E-state index contributed by atoms with van der Waals surface area (Å²) in [6, 6.07) is 16.3. The number of ether oxygens (including phenoxy) is 2. The van der Waals surface area contributed by atoms with Gasteiger partial charge >= 0.3 is 0 Å². The zero-order chi connectivity index (χ0) is 20.4. The highest BCUT2D eigenvalue weighted by atomic mass is 16.7. The normalized spacial score (nSPS) is 12.7. The van der Waals surface area contributed by atoms with Crippen LogP contribution in [-0.4, -0.2) is 16.8 Å². The molecule has 150 valence electrons. The standard InChI is InChI=1S/C23H26N4O2/c1-15-11-21(24-13-16-5-10-19-20(12-16)29-14-28-19)27-22(25-15)26-18-8-6-17(7-9-18)23(2,3)4/h5-12H,13-14H2,1-4H3,(H2,24,25,26,27). The minimum atomic E-state index is 0.129. The van der Waals surface area contributed by atoms with Gasteiger partial charge in [-0.1, -0.05) is 39.0 Å². The van der Waals surface area contributed by atoms with E-state index in [1.165, 1.54) is 5.56 Å². The molecule has 0 amide bonds. The summed E-state index contributed by atoms with van der Waals surface area (Å²) in [6.07, 6.45) is 0. The third kappa shape index (κ3) is 4.59. The second-order valence-corrected chi connectivity index (χ2v) is 8.21. The molecular formula is C23H26N4O2. The summed E-state index contributed by atoms with van der Waals surface area (Å²) in [4.78, 5) is 9.10. The van der Waals surface area contributed by atoms with Crippen molar-refractivity contribution in [3.63, 3.8) is 0 Å². The number of hydrogen-bond donors (Lipinski definition) is 2. The molecule has 0 spiro atoms. The van der Waals surface area contributed by atoms with Crippen molar-refractivity contribution in [1.82, 2.24) is 9.97 Å². The van der Waals surface area contributed by atoms with E-state index in [2.05, 4.69) is 65.6 Å². The zero-order valence-electron chi connectivity index (χ0n) is 17.2. The largest absolute Gasteiger partial charge is 0.454 e. The van der Waals surface area contributed by atoms with Crippen LogP contribution in [-0.2, 0) is 12.0 Å². The molecule has 2 N–H and O–H groups in total. The van der Waals surface area contributed by atoms with Gasteiger partial charge in [-0.3, -0.25) is 0 Å². The lowest BCUT2D eigenvalue weighted by atomic mass is 9.87. The SMILES string of the molecule is Cc1cc(NCc2ccc3c(c2)OCO3)nc(Nc2ccc(C(C)(C)C)cc2)n1. The Morgan fingerprint density at radius 2 is 1.69 bits per heavy atom. The van der Waals surface area contributed by atoms with E-state index in [1.807, 2.05) is 31.2 Å². The Balaban J connectivity index is 1.44. The molecule has 0 saturated heterocycles. The quantitative estimate of drug-likeness (QED) is 0.627. The van der Waals surface area contributed by atoms with E-state index in [9.17, 15) is 0 Å². The lowest BCUT2D eigenvalue weighted by Gasteiger charge is -2.19. The molecule has 0 radical (unpaired) electrons. The fraction of sp³-hybridized carbons (Fsp3) is 0.304. The number of rotatable bonds is 5. The molecule has 6 nitrogen and oxygen atoms in total. The van der Waals surface area contributed by atoms with Gasteiger partial charge in [-0.25, -0.2) is 4.98 Å². The number of benzene rings is 2. The minimum Gasteiger partial charge on any atom is -0.454 e. The molecule has 1 aliphatic rings. The van der Waals surface area contributed by atoms with E-state index in [0.29, 0.717) is 12.5 Å². The van der Waals surface area contributed by atoms with E-state index in [4.69, 9.17) is 9.47 Å². The number of nitrogens with zero attached hydrogens (tertiary/aromatic N) is 2. The average molecular weight is 390 g/mol. The molecule has 29 heavy (non-hydrogen) atoms. The maximum Gasteiger partial charge on any atom is 0.231 e. The van der Waals surface area contributed by atoms with Crippen LogP contribution in [0.25, 0.3) is 0 Å². The Bertz CT molecular complexity index is 1010. The van der Waals surface area contributed by atoms with Gasteiger partial charge in [0, 0.05) is 24.0 Å². The Morgan fingerprint density at radius 3 is 2.45 bits per heavy atom. The Labute approximate surface area is 171 Å². The highest BCUT2D eigenvalue weighted by Crippen LogP contribution is 2.32. The molecule has 6 heteroatoms. The highest BCUT2D eigenvalue weighted by Gasteiger charge is 2.14. The summed E-state index contributed by atoms with van der Waals surface area (Å²) in [7, 11) is 0. The summed E-state index contributed by atoms with van der Waals surface area (Å²) in [5.41, 5.74) is 4.37. The van der Waals surface area contributed by atoms with Gasteiger partial charge in [0.1, 0.15) is 5.82 Å². The highest BCUT2D eigenvalue weighted by molar-refractivity contribution is 5.56. The number of anilines is 3. The van der Waals surface area contributed by atoms with Gasteiger partial charge in [-0.05, 0) is 47.7 Å². The van der Waals surface area contributed by atoms with Crippen molar-refractivity contribution in [1.29, 1.82) is 0 Å². The van der Waals surface area contributed by atoms with E-state index >= 15 is 0 Å². The van der Waals surface area contributed by atoms with Gasteiger partial charge in [0.25, 0.3) is 0 Å². The number of aromatic nitrogens is 2. The molecule has 2 aromatic carbocycles. The third-order valence-corrected chi connectivity index (χ3v) is 4.77. The van der Waals surface area contributed by atoms with Crippen molar-refractivity contribution < 1.29 is 9.47 Å². The van der Waals surface area contributed by atoms with Crippen LogP contribution in [0.2, 0.25) is 0 Å². The first-order chi connectivity index (χ1) is 13.9. The topological polar surface area (TPSA) is 68.3 Å². The van der Waals surface area contributed by atoms with Gasteiger partial charge in [0.05, 0.1) is 0 Å². The van der Waals surface area contributed by atoms with Gasteiger partial charge in [-0.2, -0.15) is 4.98 Å². The van der Waals surface area contributed by atoms with E-state index in [-0.39, 0.29) is 12.2 Å². The Kier molecular flexibility index (Phi) is 5.01. The van der Waals surface area contributed by atoms with Crippen LogP contribution in [0.5, 0.6) is 11.5 Å². The summed E-state index contributed by atoms with van der Waals surface area (Å²) >= 11 is 0. The van der Waals surface area contributed by atoms with E-state index < -0.39 is 0 Å². The van der Waals surface area contributed by atoms with Crippen molar-refractivity contribution >= 4 is 17.5 Å². The molecule has 4 rings (SSSR count). The van der Waals surface area contributed by atoms with Crippen molar-refractivity contribution in [2.45, 2.75) is 39.7 Å². The molecule has 3 aromatic rings. The van der Waals surface area contributed by atoms with Gasteiger partial charge in [0.15, 0.2) is 11.5 Å². The maximum absolute atomic E-state index is 5.44. The Hall–Kier alpha value is -3.28. The van der Waals surface area contributed by atoms with Gasteiger partial charge in [0.2, 0.25) is 12.7 Å². The number of hydrogen-bond acceptors (Lipinski definition) is 6. The van der Waals surface area contributed by atoms with Gasteiger partial charge < -0.3 is 20.1 Å². The zero-order valence-corrected chi connectivity index (χ0v) is 17.2. The monoisotopic (exact) mass is 390 g/mol. The molecule has 1 aliphatic heterocycles. The first kappa shape index (κ1) is 19.1. The summed E-state index contributed by atoms with van der Waals surface area (Å²) < 4.78 is 10.8. The van der Waals surface area contributed by atoms with Crippen LogP contribution >= 0.6 is 0 Å². The molecule has 0 aliphatic carbocycles. The minimum absolute atomic E-state index is 0.129. The first-order valence-corrected chi connectivity index (χ1v) is 9.72. The van der Waals surface area contributed by atoms with Gasteiger partial charge in [-0.15, -0.1) is 0 Å². The number of aryl methyl sites for hydroxylation is 1. The van der Waals surface area contributed by atoms with Crippen LogP contribution in [0.1, 0.15) is 37.6 Å².